The van der Waals surface area contributed by atoms with Gasteiger partial charge in [-0.05, 0) is 48.4 Å². The Kier molecular flexibility index (Phi) is 7.10. The van der Waals surface area contributed by atoms with Crippen LogP contribution in [0.2, 0.25) is 10.0 Å². The van der Waals surface area contributed by atoms with Crippen molar-refractivity contribution in [3.05, 3.63) is 62.0 Å². The maximum Gasteiger partial charge on any atom is 0.239 e. The summed E-state index contributed by atoms with van der Waals surface area (Å²) in [7, 11) is -2.32. The number of halogens is 3. The summed E-state index contributed by atoms with van der Waals surface area (Å²) in [6.07, 6.45) is 0. The summed E-state index contributed by atoms with van der Waals surface area (Å²) in [5.74, 6) is -0.694. The third-order valence-corrected chi connectivity index (χ3v) is 6.65. The quantitative estimate of drug-likeness (QED) is 0.664. The summed E-state index contributed by atoms with van der Waals surface area (Å²) in [5, 5.41) is 3.35. The van der Waals surface area contributed by atoms with Crippen molar-refractivity contribution in [1.29, 1.82) is 0 Å². The minimum Gasteiger partial charge on any atom is -0.325 e. The van der Waals surface area contributed by atoms with E-state index in [4.69, 9.17) is 23.2 Å². The lowest BCUT2D eigenvalue weighted by atomic mass is 10.2. The molecule has 2 aromatic carbocycles. The molecule has 2 aromatic rings. The Balaban J connectivity index is 2.03. The van der Waals surface area contributed by atoms with Crippen molar-refractivity contribution in [2.75, 3.05) is 18.9 Å². The van der Waals surface area contributed by atoms with Crippen LogP contribution in [0.15, 0.2) is 40.9 Å². The molecule has 0 saturated heterocycles. The molecule has 0 atom stereocenters. The summed E-state index contributed by atoms with van der Waals surface area (Å²) in [5.41, 5.74) is 2.00. The molecule has 2 rings (SSSR count). The lowest BCUT2D eigenvalue weighted by molar-refractivity contribution is -0.116. The highest BCUT2D eigenvalue weighted by atomic mass is 79.9. The molecular weight excluding hydrogens is 463 g/mol. The van der Waals surface area contributed by atoms with Crippen LogP contribution < -0.4 is 5.32 Å². The largest absolute Gasteiger partial charge is 0.325 e. The molecular formula is C17H17BrCl2N2O3S. The molecule has 140 valence electrons. The second-order valence-corrected chi connectivity index (χ2v) is 9.57. The average molecular weight is 480 g/mol. The predicted octanol–water partition coefficient (Wildman–Crippen LogP) is 4.46. The van der Waals surface area contributed by atoms with Gasteiger partial charge in [-0.3, -0.25) is 4.79 Å². The van der Waals surface area contributed by atoms with Gasteiger partial charge >= 0.3 is 0 Å². The molecule has 26 heavy (non-hydrogen) atoms. The van der Waals surface area contributed by atoms with Crippen LogP contribution in [0.5, 0.6) is 0 Å². The van der Waals surface area contributed by atoms with Gasteiger partial charge in [0, 0.05) is 17.2 Å². The standard InChI is InChI=1S/C17H17BrCl2N2O3S/c1-11-7-13(18)4-6-16(11)21-17(23)9-22(2)26(24,25)10-12-3-5-14(19)15(20)8-12/h3-8H,9-10H2,1-2H3,(H,21,23). The zero-order valence-corrected chi connectivity index (χ0v) is 18.0. The molecule has 0 radical (unpaired) electrons. The Labute approximate surface area is 171 Å². The van der Waals surface area contributed by atoms with Crippen LogP contribution in [-0.2, 0) is 20.6 Å². The monoisotopic (exact) mass is 478 g/mol. The molecule has 0 fully saturated rings. The summed E-state index contributed by atoms with van der Waals surface area (Å²) in [4.78, 5) is 12.2. The number of sulfonamides is 1. The fourth-order valence-corrected chi connectivity index (χ4v) is 4.14. The number of carbonyl (C=O) groups excluding carboxylic acids is 1. The van der Waals surface area contributed by atoms with Gasteiger partial charge < -0.3 is 5.32 Å². The third-order valence-electron chi connectivity index (χ3n) is 3.64. The Morgan fingerprint density at radius 2 is 1.85 bits per heavy atom. The molecule has 0 saturated carbocycles. The van der Waals surface area contributed by atoms with Gasteiger partial charge in [0.1, 0.15) is 0 Å². The molecule has 1 N–H and O–H groups in total. The maximum atomic E-state index is 12.5. The number of hydrogen-bond acceptors (Lipinski definition) is 3. The molecule has 0 bridgehead atoms. The van der Waals surface area contributed by atoms with Gasteiger partial charge in [-0.2, -0.15) is 4.31 Å². The number of likely N-dealkylation sites (N-methyl/N-ethyl adjacent to an activating group) is 1. The number of carbonyl (C=O) groups is 1. The Bertz CT molecular complexity index is 936. The minimum absolute atomic E-state index is 0.273. The van der Waals surface area contributed by atoms with E-state index in [1.807, 2.05) is 13.0 Å². The maximum absolute atomic E-state index is 12.5. The molecule has 0 unspecified atom stereocenters. The van der Waals surface area contributed by atoms with E-state index in [-0.39, 0.29) is 17.3 Å². The summed E-state index contributed by atoms with van der Waals surface area (Å²) >= 11 is 15.1. The molecule has 0 aliphatic carbocycles. The highest BCUT2D eigenvalue weighted by Crippen LogP contribution is 2.24. The van der Waals surface area contributed by atoms with Crippen molar-refractivity contribution in [2.24, 2.45) is 0 Å². The molecule has 5 nitrogen and oxygen atoms in total. The van der Waals surface area contributed by atoms with E-state index in [2.05, 4.69) is 21.2 Å². The summed E-state index contributed by atoms with van der Waals surface area (Å²) < 4.78 is 26.8. The first kappa shape index (κ1) is 21.2. The van der Waals surface area contributed by atoms with E-state index in [1.165, 1.54) is 19.2 Å². The van der Waals surface area contributed by atoms with Crippen LogP contribution in [-0.4, -0.2) is 32.2 Å². The van der Waals surface area contributed by atoms with Gasteiger partial charge in [0.2, 0.25) is 15.9 Å². The first-order valence-electron chi connectivity index (χ1n) is 7.52. The van der Waals surface area contributed by atoms with E-state index in [0.717, 1.165) is 14.3 Å². The number of amides is 1. The second kappa shape index (κ2) is 8.71. The van der Waals surface area contributed by atoms with Crippen LogP contribution >= 0.6 is 39.1 Å². The van der Waals surface area contributed by atoms with Crippen molar-refractivity contribution in [3.63, 3.8) is 0 Å². The lowest BCUT2D eigenvalue weighted by Crippen LogP contribution is -2.35. The number of anilines is 1. The van der Waals surface area contributed by atoms with Crippen LogP contribution in [0.1, 0.15) is 11.1 Å². The molecule has 9 heteroatoms. The normalized spacial score (nSPS) is 11.6. The Morgan fingerprint density at radius 1 is 1.15 bits per heavy atom. The van der Waals surface area contributed by atoms with Crippen molar-refractivity contribution in [2.45, 2.75) is 12.7 Å². The molecule has 0 aliphatic heterocycles. The molecule has 0 aromatic heterocycles. The smallest absolute Gasteiger partial charge is 0.239 e. The van der Waals surface area contributed by atoms with Gasteiger partial charge in [-0.1, -0.05) is 45.2 Å². The Morgan fingerprint density at radius 3 is 2.46 bits per heavy atom. The summed E-state index contributed by atoms with van der Waals surface area (Å²) in [6.45, 7) is 1.56. The van der Waals surface area contributed by atoms with E-state index >= 15 is 0 Å². The molecule has 1 amide bonds. The van der Waals surface area contributed by atoms with E-state index < -0.39 is 15.9 Å². The van der Waals surface area contributed by atoms with Crippen molar-refractivity contribution < 1.29 is 13.2 Å². The zero-order chi connectivity index (χ0) is 19.5. The van der Waals surface area contributed by atoms with Gasteiger partial charge in [0.05, 0.1) is 22.3 Å². The zero-order valence-electron chi connectivity index (χ0n) is 14.1. The fourth-order valence-electron chi connectivity index (χ4n) is 2.21. The number of benzene rings is 2. The van der Waals surface area contributed by atoms with Crippen molar-refractivity contribution in [1.82, 2.24) is 4.31 Å². The number of aryl methyl sites for hydroxylation is 1. The van der Waals surface area contributed by atoms with Crippen molar-refractivity contribution >= 4 is 60.7 Å². The summed E-state index contributed by atoms with van der Waals surface area (Å²) in [6, 6.07) is 10.0. The predicted molar refractivity (Wildman–Crippen MR) is 109 cm³/mol. The first-order valence-corrected chi connectivity index (χ1v) is 10.7. The van der Waals surface area contributed by atoms with Crippen molar-refractivity contribution in [3.8, 4) is 0 Å². The van der Waals surface area contributed by atoms with E-state index in [1.54, 1.807) is 18.2 Å². The molecule has 0 heterocycles. The SMILES string of the molecule is Cc1cc(Br)ccc1NC(=O)CN(C)S(=O)(=O)Cc1ccc(Cl)c(Cl)c1. The number of nitrogens with zero attached hydrogens (tertiary/aromatic N) is 1. The fraction of sp³-hybridized carbons (Fsp3) is 0.235. The van der Waals surface area contributed by atoms with Crippen LogP contribution in [0.3, 0.4) is 0 Å². The van der Waals surface area contributed by atoms with Gasteiger partial charge in [-0.15, -0.1) is 0 Å². The third kappa shape index (κ3) is 5.69. The number of rotatable bonds is 6. The van der Waals surface area contributed by atoms with Gasteiger partial charge in [0.15, 0.2) is 0 Å². The van der Waals surface area contributed by atoms with Crippen LogP contribution in [0.4, 0.5) is 5.69 Å². The Hall–Kier alpha value is -1.12. The van der Waals surface area contributed by atoms with E-state index in [0.29, 0.717) is 16.3 Å². The van der Waals surface area contributed by atoms with Gasteiger partial charge in [0.25, 0.3) is 0 Å². The molecule has 0 spiro atoms. The molecule has 0 aliphatic rings. The second-order valence-electron chi connectivity index (χ2n) is 5.77. The average Bonchev–Trinajstić information content (AvgIpc) is 2.53. The highest BCUT2D eigenvalue weighted by molar-refractivity contribution is 9.10. The first-order chi connectivity index (χ1) is 12.1. The topological polar surface area (TPSA) is 66.5 Å². The lowest BCUT2D eigenvalue weighted by Gasteiger charge is -2.17. The highest BCUT2D eigenvalue weighted by Gasteiger charge is 2.21. The van der Waals surface area contributed by atoms with Gasteiger partial charge in [-0.25, -0.2) is 8.42 Å². The van der Waals surface area contributed by atoms with E-state index in [9.17, 15) is 13.2 Å². The number of nitrogens with one attached hydrogen (secondary N) is 1. The van der Waals surface area contributed by atoms with Crippen LogP contribution in [0.25, 0.3) is 0 Å². The minimum atomic E-state index is -3.68. The van der Waals surface area contributed by atoms with Crippen LogP contribution in [0, 0.1) is 6.92 Å². The number of hydrogen-bond donors (Lipinski definition) is 1.